The number of nitrogens with zero attached hydrogens (tertiary/aromatic N) is 1. The van der Waals surface area contributed by atoms with Crippen LogP contribution in [0.15, 0.2) is 48.7 Å². The number of aromatic nitrogens is 1. The van der Waals surface area contributed by atoms with Gasteiger partial charge in [0.05, 0.1) is 28.4 Å². The van der Waals surface area contributed by atoms with Gasteiger partial charge in [-0.2, -0.15) is 0 Å². The van der Waals surface area contributed by atoms with E-state index in [9.17, 15) is 0 Å². The van der Waals surface area contributed by atoms with Crippen molar-refractivity contribution in [2.75, 3.05) is 7.11 Å². The second kappa shape index (κ2) is 4.80. The fourth-order valence-corrected chi connectivity index (χ4v) is 2.74. The smallest absolute Gasteiger partial charge is 0.119 e. The van der Waals surface area contributed by atoms with Gasteiger partial charge in [0.15, 0.2) is 0 Å². The number of benzene rings is 2. The Balaban J connectivity index is 2.26. The molecule has 0 bridgehead atoms. The standard InChI is InChI=1S/C15H11Cl2NO/c1-19-11-5-6-14-10(9-11)7-8-18(14)15-12(16)3-2-4-13(15)17/h2-9H,1H3. The van der Waals surface area contributed by atoms with E-state index in [1.165, 1.54) is 0 Å². The third kappa shape index (κ3) is 2.07. The minimum atomic E-state index is 0.626. The number of rotatable bonds is 2. The van der Waals surface area contributed by atoms with Gasteiger partial charge in [-0.15, -0.1) is 0 Å². The number of hydrogen-bond acceptors (Lipinski definition) is 1. The van der Waals surface area contributed by atoms with Gasteiger partial charge in [-0.05, 0) is 36.4 Å². The van der Waals surface area contributed by atoms with Crippen LogP contribution in [0.1, 0.15) is 0 Å². The predicted molar refractivity (Wildman–Crippen MR) is 79.8 cm³/mol. The predicted octanol–water partition coefficient (Wildman–Crippen LogP) is 4.95. The first kappa shape index (κ1) is 12.4. The van der Waals surface area contributed by atoms with Gasteiger partial charge in [0.1, 0.15) is 5.75 Å². The highest BCUT2D eigenvalue weighted by Gasteiger charge is 2.10. The highest BCUT2D eigenvalue weighted by atomic mass is 35.5. The van der Waals surface area contributed by atoms with Gasteiger partial charge in [-0.1, -0.05) is 29.3 Å². The van der Waals surface area contributed by atoms with Gasteiger partial charge in [0.2, 0.25) is 0 Å². The summed E-state index contributed by atoms with van der Waals surface area (Å²) in [5.74, 6) is 0.829. The summed E-state index contributed by atoms with van der Waals surface area (Å²) in [6.45, 7) is 0. The van der Waals surface area contributed by atoms with Crippen molar-refractivity contribution in [1.82, 2.24) is 4.57 Å². The summed E-state index contributed by atoms with van der Waals surface area (Å²) in [5, 5.41) is 2.33. The Bertz CT molecular complexity index is 729. The van der Waals surface area contributed by atoms with Crippen molar-refractivity contribution in [3.63, 3.8) is 0 Å². The van der Waals surface area contributed by atoms with E-state index in [-0.39, 0.29) is 0 Å². The van der Waals surface area contributed by atoms with E-state index in [2.05, 4.69) is 0 Å². The Hall–Kier alpha value is -1.64. The zero-order valence-electron chi connectivity index (χ0n) is 10.2. The molecule has 1 aromatic heterocycles. The molecule has 1 heterocycles. The van der Waals surface area contributed by atoms with Crippen LogP contribution in [-0.2, 0) is 0 Å². The Labute approximate surface area is 121 Å². The maximum atomic E-state index is 6.25. The molecule has 2 nitrogen and oxygen atoms in total. The van der Waals surface area contributed by atoms with Crippen LogP contribution in [0.25, 0.3) is 16.6 Å². The lowest BCUT2D eigenvalue weighted by Crippen LogP contribution is -1.94. The molecule has 0 spiro atoms. The van der Waals surface area contributed by atoms with Crippen molar-refractivity contribution in [2.24, 2.45) is 0 Å². The molecule has 0 aliphatic carbocycles. The molecule has 0 saturated heterocycles. The fraction of sp³-hybridized carbons (Fsp3) is 0.0667. The Morgan fingerprint density at radius 2 is 1.74 bits per heavy atom. The van der Waals surface area contributed by atoms with Crippen LogP contribution in [0.5, 0.6) is 5.75 Å². The molecule has 3 rings (SSSR count). The molecule has 0 N–H and O–H groups in total. The van der Waals surface area contributed by atoms with Crippen LogP contribution in [0.4, 0.5) is 0 Å². The van der Waals surface area contributed by atoms with Crippen LogP contribution in [-0.4, -0.2) is 11.7 Å². The Kier molecular flexibility index (Phi) is 3.13. The molecule has 3 aromatic rings. The van der Waals surface area contributed by atoms with E-state index >= 15 is 0 Å². The van der Waals surface area contributed by atoms with Crippen LogP contribution in [0.3, 0.4) is 0 Å². The lowest BCUT2D eigenvalue weighted by atomic mass is 10.2. The van der Waals surface area contributed by atoms with Gasteiger partial charge in [-0.3, -0.25) is 0 Å². The monoisotopic (exact) mass is 291 g/mol. The van der Waals surface area contributed by atoms with Gasteiger partial charge in [-0.25, -0.2) is 0 Å². The molecule has 0 atom stereocenters. The van der Waals surface area contributed by atoms with E-state index in [0.29, 0.717) is 10.0 Å². The van der Waals surface area contributed by atoms with Crippen molar-refractivity contribution < 1.29 is 4.74 Å². The summed E-state index contributed by atoms with van der Waals surface area (Å²) >= 11 is 12.5. The van der Waals surface area contributed by atoms with Crippen LogP contribution < -0.4 is 4.74 Å². The number of para-hydroxylation sites is 1. The van der Waals surface area contributed by atoms with Crippen LogP contribution in [0, 0.1) is 0 Å². The number of ether oxygens (including phenoxy) is 1. The molecule has 0 unspecified atom stereocenters. The summed E-state index contributed by atoms with van der Waals surface area (Å²) in [6.07, 6.45) is 1.96. The third-order valence-electron chi connectivity index (χ3n) is 3.08. The maximum Gasteiger partial charge on any atom is 0.119 e. The van der Waals surface area contributed by atoms with E-state index in [1.54, 1.807) is 7.11 Å². The lowest BCUT2D eigenvalue weighted by Gasteiger charge is -2.10. The van der Waals surface area contributed by atoms with Crippen LogP contribution >= 0.6 is 23.2 Å². The van der Waals surface area contributed by atoms with Gasteiger partial charge in [0, 0.05) is 11.6 Å². The molecule has 0 aliphatic heterocycles. The minimum Gasteiger partial charge on any atom is -0.497 e. The Morgan fingerprint density at radius 1 is 1.00 bits per heavy atom. The molecule has 0 radical (unpaired) electrons. The quantitative estimate of drug-likeness (QED) is 0.652. The Morgan fingerprint density at radius 3 is 2.42 bits per heavy atom. The number of hydrogen-bond donors (Lipinski definition) is 0. The SMILES string of the molecule is COc1ccc2c(ccn2-c2c(Cl)cccc2Cl)c1. The first-order valence-corrected chi connectivity index (χ1v) is 6.56. The molecular formula is C15H11Cl2NO. The van der Waals surface area contributed by atoms with Crippen LogP contribution in [0.2, 0.25) is 10.0 Å². The largest absolute Gasteiger partial charge is 0.497 e. The molecular weight excluding hydrogens is 281 g/mol. The second-order valence-electron chi connectivity index (χ2n) is 4.18. The summed E-state index contributed by atoms with van der Waals surface area (Å²) in [4.78, 5) is 0. The highest BCUT2D eigenvalue weighted by molar-refractivity contribution is 6.37. The maximum absolute atomic E-state index is 6.25. The average Bonchev–Trinajstić information content (AvgIpc) is 2.81. The van der Waals surface area contributed by atoms with E-state index in [1.807, 2.05) is 53.2 Å². The topological polar surface area (TPSA) is 14.2 Å². The molecule has 0 aliphatic rings. The van der Waals surface area contributed by atoms with E-state index in [0.717, 1.165) is 22.3 Å². The van der Waals surface area contributed by atoms with Crippen molar-refractivity contribution in [2.45, 2.75) is 0 Å². The summed E-state index contributed by atoms with van der Waals surface area (Å²) in [7, 11) is 1.66. The van der Waals surface area contributed by atoms with Crippen molar-refractivity contribution >= 4 is 34.1 Å². The van der Waals surface area contributed by atoms with Crippen molar-refractivity contribution in [3.8, 4) is 11.4 Å². The van der Waals surface area contributed by atoms with E-state index < -0.39 is 0 Å². The average molecular weight is 292 g/mol. The number of methoxy groups -OCH3 is 1. The van der Waals surface area contributed by atoms with Crippen molar-refractivity contribution in [3.05, 3.63) is 58.7 Å². The third-order valence-corrected chi connectivity index (χ3v) is 3.69. The molecule has 0 saturated carbocycles. The molecule has 96 valence electrons. The van der Waals surface area contributed by atoms with Gasteiger partial charge < -0.3 is 9.30 Å². The molecule has 4 heteroatoms. The van der Waals surface area contributed by atoms with Crippen molar-refractivity contribution in [1.29, 1.82) is 0 Å². The summed E-state index contributed by atoms with van der Waals surface area (Å²) in [5.41, 5.74) is 1.84. The summed E-state index contributed by atoms with van der Waals surface area (Å²) in [6, 6.07) is 13.4. The first-order chi connectivity index (χ1) is 9.20. The number of halogens is 2. The second-order valence-corrected chi connectivity index (χ2v) is 5.00. The molecule has 0 fully saturated rings. The number of fused-ring (bicyclic) bond motifs is 1. The fourth-order valence-electron chi connectivity index (χ4n) is 2.16. The van der Waals surface area contributed by atoms with E-state index in [4.69, 9.17) is 27.9 Å². The first-order valence-electron chi connectivity index (χ1n) is 5.80. The zero-order chi connectivity index (χ0) is 13.4. The lowest BCUT2D eigenvalue weighted by molar-refractivity contribution is 0.415. The zero-order valence-corrected chi connectivity index (χ0v) is 11.7. The molecule has 2 aromatic carbocycles. The molecule has 0 amide bonds. The summed E-state index contributed by atoms with van der Waals surface area (Å²) < 4.78 is 7.21. The minimum absolute atomic E-state index is 0.626. The highest BCUT2D eigenvalue weighted by Crippen LogP contribution is 2.32. The normalized spacial score (nSPS) is 10.9. The van der Waals surface area contributed by atoms with Gasteiger partial charge >= 0.3 is 0 Å². The molecule has 19 heavy (non-hydrogen) atoms. The van der Waals surface area contributed by atoms with Gasteiger partial charge in [0.25, 0.3) is 0 Å².